The highest BCUT2D eigenvalue weighted by Gasteiger charge is 2.14. The van der Waals surface area contributed by atoms with Crippen LogP contribution >= 0.6 is 0 Å². The van der Waals surface area contributed by atoms with Crippen molar-refractivity contribution in [3.05, 3.63) is 12.2 Å². The number of allylic oxidation sites excluding steroid dienone is 2. The van der Waals surface area contributed by atoms with Crippen LogP contribution in [0.1, 0.15) is 110 Å². The van der Waals surface area contributed by atoms with Gasteiger partial charge < -0.3 is 4.90 Å². The lowest BCUT2D eigenvalue weighted by Gasteiger charge is -2.25. The second-order valence-corrected chi connectivity index (χ2v) is 8.14. The summed E-state index contributed by atoms with van der Waals surface area (Å²) in [5.74, 6) is 0.252. The zero-order valence-electron chi connectivity index (χ0n) is 20.5. The standard InChI is InChI=1S/C25H50N2O3/c1-5-7-8-9-10-11-12-13-14-15-16-17-18-19-20-21-25(28)26(22-6-2)23-24-27(29-3)30-4/h13-14H,5-12,15-24H2,1-4H3/b14-13-. The first kappa shape index (κ1) is 29.1. The summed E-state index contributed by atoms with van der Waals surface area (Å²) >= 11 is 0. The predicted octanol–water partition coefficient (Wildman–Crippen LogP) is 6.69. The maximum Gasteiger partial charge on any atom is 0.222 e. The maximum atomic E-state index is 12.5. The number of carbonyl (C=O) groups is 1. The van der Waals surface area contributed by atoms with Gasteiger partial charge in [-0.2, -0.15) is 0 Å². The Bertz CT molecular complexity index is 398. The van der Waals surface area contributed by atoms with Crippen LogP contribution in [-0.2, 0) is 14.5 Å². The molecule has 0 saturated heterocycles. The topological polar surface area (TPSA) is 42.0 Å². The average molecular weight is 427 g/mol. The molecule has 1 amide bonds. The molecule has 0 aliphatic carbocycles. The van der Waals surface area contributed by atoms with Gasteiger partial charge in [-0.3, -0.25) is 14.5 Å². The van der Waals surface area contributed by atoms with E-state index in [4.69, 9.17) is 9.68 Å². The minimum atomic E-state index is 0.252. The summed E-state index contributed by atoms with van der Waals surface area (Å²) in [6.45, 7) is 6.37. The number of carbonyl (C=O) groups excluding carboxylic acids is 1. The van der Waals surface area contributed by atoms with E-state index in [0.717, 1.165) is 25.8 Å². The largest absolute Gasteiger partial charge is 0.341 e. The van der Waals surface area contributed by atoms with Crippen molar-refractivity contribution in [1.82, 2.24) is 10.1 Å². The van der Waals surface area contributed by atoms with E-state index in [0.29, 0.717) is 19.5 Å². The van der Waals surface area contributed by atoms with Gasteiger partial charge in [-0.1, -0.05) is 82.6 Å². The van der Waals surface area contributed by atoms with Gasteiger partial charge in [-0.15, -0.1) is 0 Å². The van der Waals surface area contributed by atoms with Crippen molar-refractivity contribution >= 4 is 5.91 Å². The number of rotatable bonds is 22. The molecule has 0 rings (SSSR count). The van der Waals surface area contributed by atoms with Crippen LogP contribution in [0, 0.1) is 0 Å². The average Bonchev–Trinajstić information content (AvgIpc) is 2.76. The van der Waals surface area contributed by atoms with Gasteiger partial charge in [0.05, 0.1) is 20.8 Å². The molecular weight excluding hydrogens is 376 g/mol. The van der Waals surface area contributed by atoms with E-state index in [1.165, 1.54) is 75.9 Å². The van der Waals surface area contributed by atoms with E-state index in [2.05, 4.69) is 26.0 Å². The van der Waals surface area contributed by atoms with Gasteiger partial charge in [0, 0.05) is 19.5 Å². The quantitative estimate of drug-likeness (QED) is 0.110. The number of hydrogen-bond donors (Lipinski definition) is 0. The van der Waals surface area contributed by atoms with Crippen LogP contribution in [-0.4, -0.2) is 49.9 Å². The number of amides is 1. The molecule has 0 aromatic rings. The Kier molecular flexibility index (Phi) is 22.1. The van der Waals surface area contributed by atoms with Gasteiger partial charge in [-0.25, -0.2) is 0 Å². The summed E-state index contributed by atoms with van der Waals surface area (Å²) in [5, 5.41) is 1.40. The van der Waals surface area contributed by atoms with E-state index in [9.17, 15) is 4.79 Å². The second-order valence-electron chi connectivity index (χ2n) is 8.14. The molecule has 0 aromatic heterocycles. The molecule has 0 fully saturated rings. The lowest BCUT2D eigenvalue weighted by Crippen LogP contribution is -2.38. The minimum Gasteiger partial charge on any atom is -0.341 e. The lowest BCUT2D eigenvalue weighted by molar-refractivity contribution is -0.342. The van der Waals surface area contributed by atoms with Crippen molar-refractivity contribution in [3.8, 4) is 0 Å². The molecule has 0 aliphatic rings. The molecular formula is C25H50N2O3. The second kappa shape index (κ2) is 22.8. The fourth-order valence-electron chi connectivity index (χ4n) is 3.60. The normalized spacial score (nSPS) is 11.6. The van der Waals surface area contributed by atoms with Crippen molar-refractivity contribution < 1.29 is 14.5 Å². The Labute approximate surface area is 187 Å². The fraction of sp³-hybridized carbons (Fsp3) is 0.880. The van der Waals surface area contributed by atoms with Crippen molar-refractivity contribution in [3.63, 3.8) is 0 Å². The highest BCUT2D eigenvalue weighted by Crippen LogP contribution is 2.11. The van der Waals surface area contributed by atoms with Crippen LogP contribution in [0.2, 0.25) is 0 Å². The molecule has 5 nitrogen and oxygen atoms in total. The summed E-state index contributed by atoms with van der Waals surface area (Å²) in [7, 11) is 3.14. The van der Waals surface area contributed by atoms with Crippen LogP contribution in [0.15, 0.2) is 12.2 Å². The molecule has 30 heavy (non-hydrogen) atoms. The maximum absolute atomic E-state index is 12.5. The monoisotopic (exact) mass is 426 g/mol. The summed E-state index contributed by atoms with van der Waals surface area (Å²) in [4.78, 5) is 24.5. The van der Waals surface area contributed by atoms with Crippen LogP contribution < -0.4 is 0 Å². The van der Waals surface area contributed by atoms with E-state index in [1.807, 2.05) is 4.90 Å². The molecule has 0 heterocycles. The molecule has 178 valence electrons. The molecule has 0 saturated carbocycles. The van der Waals surface area contributed by atoms with Crippen molar-refractivity contribution in [1.29, 1.82) is 0 Å². The summed E-state index contributed by atoms with van der Waals surface area (Å²) in [6, 6.07) is 0. The van der Waals surface area contributed by atoms with Crippen molar-refractivity contribution in [2.24, 2.45) is 0 Å². The lowest BCUT2D eigenvalue weighted by atomic mass is 10.1. The van der Waals surface area contributed by atoms with Crippen LogP contribution in [0.3, 0.4) is 0 Å². The van der Waals surface area contributed by atoms with E-state index >= 15 is 0 Å². The summed E-state index contributed by atoms with van der Waals surface area (Å²) in [6.07, 6.45) is 23.0. The third-order valence-corrected chi connectivity index (χ3v) is 5.46. The predicted molar refractivity (Wildman–Crippen MR) is 127 cm³/mol. The van der Waals surface area contributed by atoms with E-state index in [-0.39, 0.29) is 5.91 Å². The Morgan fingerprint density at radius 1 is 0.667 bits per heavy atom. The van der Waals surface area contributed by atoms with E-state index in [1.54, 1.807) is 14.2 Å². The van der Waals surface area contributed by atoms with Gasteiger partial charge in [0.1, 0.15) is 0 Å². The first-order chi connectivity index (χ1) is 14.7. The third-order valence-electron chi connectivity index (χ3n) is 5.46. The molecule has 0 aromatic carbocycles. The van der Waals surface area contributed by atoms with Crippen LogP contribution in [0.25, 0.3) is 0 Å². The number of hydroxylamine groups is 2. The van der Waals surface area contributed by atoms with Gasteiger partial charge in [-0.05, 0) is 38.5 Å². The van der Waals surface area contributed by atoms with Gasteiger partial charge in [0.2, 0.25) is 5.91 Å². The zero-order valence-corrected chi connectivity index (χ0v) is 20.5. The van der Waals surface area contributed by atoms with Crippen LogP contribution in [0.4, 0.5) is 0 Å². The van der Waals surface area contributed by atoms with E-state index < -0.39 is 0 Å². The first-order valence-electron chi connectivity index (χ1n) is 12.5. The Hall–Kier alpha value is -0.910. The number of nitrogens with zero attached hydrogens (tertiary/aromatic N) is 2. The molecule has 0 unspecified atom stereocenters. The summed E-state index contributed by atoms with van der Waals surface area (Å²) < 4.78 is 0. The Balaban J connectivity index is 3.64. The molecule has 0 atom stereocenters. The van der Waals surface area contributed by atoms with Gasteiger partial charge in [0.25, 0.3) is 0 Å². The highest BCUT2D eigenvalue weighted by molar-refractivity contribution is 5.76. The number of hydrogen-bond acceptors (Lipinski definition) is 4. The van der Waals surface area contributed by atoms with Gasteiger partial charge >= 0.3 is 0 Å². The third kappa shape index (κ3) is 17.9. The Morgan fingerprint density at radius 2 is 1.20 bits per heavy atom. The number of unbranched alkanes of at least 4 members (excludes halogenated alkanes) is 11. The van der Waals surface area contributed by atoms with Crippen molar-refractivity contribution in [2.45, 2.75) is 110 Å². The molecule has 0 bridgehead atoms. The first-order valence-corrected chi connectivity index (χ1v) is 12.5. The molecule has 0 spiro atoms. The highest BCUT2D eigenvalue weighted by atomic mass is 16.9. The minimum absolute atomic E-state index is 0.252. The molecule has 0 N–H and O–H groups in total. The van der Waals surface area contributed by atoms with Crippen LogP contribution in [0.5, 0.6) is 0 Å². The smallest absolute Gasteiger partial charge is 0.222 e. The van der Waals surface area contributed by atoms with Gasteiger partial charge in [0.15, 0.2) is 0 Å². The SMILES string of the molecule is CCCCCCCC/C=C\CCCCCCCC(=O)N(CCC)CCN(OC)OC. The zero-order chi connectivity index (χ0) is 22.3. The fourth-order valence-corrected chi connectivity index (χ4v) is 3.60. The summed E-state index contributed by atoms with van der Waals surface area (Å²) in [5.41, 5.74) is 0. The molecule has 5 heteroatoms. The molecule has 0 aliphatic heterocycles. The molecule has 0 radical (unpaired) electrons. The Morgan fingerprint density at radius 3 is 1.73 bits per heavy atom. The van der Waals surface area contributed by atoms with Crippen molar-refractivity contribution in [2.75, 3.05) is 33.9 Å².